The Bertz CT molecular complexity index is 1300. The van der Waals surface area contributed by atoms with Crippen LogP contribution < -0.4 is 4.74 Å². The van der Waals surface area contributed by atoms with Crippen LogP contribution in [0.2, 0.25) is 5.02 Å². The topological polar surface area (TPSA) is 59.7 Å². The summed E-state index contributed by atoms with van der Waals surface area (Å²) in [6.07, 6.45) is 7.59. The monoisotopic (exact) mass is 444 g/mol. The van der Waals surface area contributed by atoms with Crippen molar-refractivity contribution in [3.05, 3.63) is 90.5 Å². The maximum Gasteiger partial charge on any atom is 0.245 e. The Morgan fingerprint density at radius 2 is 2.03 bits per heavy atom. The van der Waals surface area contributed by atoms with Crippen LogP contribution in [0.15, 0.2) is 79.9 Å². The number of hydrogen-bond donors (Lipinski definition) is 0. The van der Waals surface area contributed by atoms with Gasteiger partial charge in [0.05, 0.1) is 17.5 Å². The first-order chi connectivity index (χ1) is 15.6. The molecule has 0 aliphatic carbocycles. The van der Waals surface area contributed by atoms with E-state index in [9.17, 15) is 4.79 Å². The molecule has 1 aliphatic rings. The summed E-state index contributed by atoms with van der Waals surface area (Å²) in [5.74, 6) is 1.30. The third kappa shape index (κ3) is 3.74. The zero-order valence-electron chi connectivity index (χ0n) is 17.3. The van der Waals surface area contributed by atoms with Gasteiger partial charge in [0.2, 0.25) is 11.8 Å². The van der Waals surface area contributed by atoms with Crippen molar-refractivity contribution in [1.82, 2.24) is 19.3 Å². The molecule has 4 aromatic rings. The van der Waals surface area contributed by atoms with Gasteiger partial charge in [-0.25, -0.2) is 9.97 Å². The lowest BCUT2D eigenvalue weighted by Gasteiger charge is -2.13. The van der Waals surface area contributed by atoms with E-state index in [2.05, 4.69) is 27.0 Å². The molecule has 5 rings (SSSR count). The second kappa shape index (κ2) is 8.48. The van der Waals surface area contributed by atoms with Gasteiger partial charge in [0.15, 0.2) is 0 Å². The van der Waals surface area contributed by atoms with Gasteiger partial charge in [-0.1, -0.05) is 18.2 Å². The van der Waals surface area contributed by atoms with Crippen molar-refractivity contribution >= 4 is 23.0 Å². The van der Waals surface area contributed by atoms with E-state index in [4.69, 9.17) is 16.3 Å². The molecule has 0 saturated carbocycles. The Balaban J connectivity index is 1.45. The van der Waals surface area contributed by atoms with E-state index in [1.807, 2.05) is 41.6 Å². The highest BCUT2D eigenvalue weighted by Gasteiger charge is 2.28. The number of aromatic nitrogens is 3. The average Bonchev–Trinajstić information content (AvgIpc) is 3.46. The number of hydrogen-bond acceptors (Lipinski definition) is 4. The minimum atomic E-state index is -0.0125. The number of carbonyl (C=O) groups is 1. The summed E-state index contributed by atoms with van der Waals surface area (Å²) in [7, 11) is 0. The first-order valence-corrected chi connectivity index (χ1v) is 10.8. The SMILES string of the molecule is C=CC(=O)N1CCC(c2cc(-c3ccc(Oc4ncccc4Cl)cc3)n3cnccc23)C1. The quantitative estimate of drug-likeness (QED) is 0.389. The van der Waals surface area contributed by atoms with Gasteiger partial charge < -0.3 is 14.0 Å². The Morgan fingerprint density at radius 3 is 2.81 bits per heavy atom. The fourth-order valence-electron chi connectivity index (χ4n) is 4.22. The van der Waals surface area contributed by atoms with E-state index in [-0.39, 0.29) is 11.8 Å². The van der Waals surface area contributed by atoms with Gasteiger partial charge >= 0.3 is 0 Å². The maximum atomic E-state index is 12.0. The maximum absolute atomic E-state index is 12.0. The summed E-state index contributed by atoms with van der Waals surface area (Å²) in [6, 6.07) is 15.5. The Morgan fingerprint density at radius 1 is 1.19 bits per heavy atom. The number of pyridine rings is 1. The molecule has 0 bridgehead atoms. The van der Waals surface area contributed by atoms with E-state index in [0.29, 0.717) is 23.2 Å². The largest absolute Gasteiger partial charge is 0.438 e. The molecule has 0 radical (unpaired) electrons. The standard InChI is InChI=1S/C25H21ClN4O2/c1-2-24(31)29-13-10-18(15-29)20-14-23(30-16-27-12-9-22(20)30)17-5-7-19(8-6-17)32-25-21(26)4-3-11-28-25/h2-9,11-12,14,16,18H,1,10,13,15H2. The summed E-state index contributed by atoms with van der Waals surface area (Å²) >= 11 is 6.14. The van der Waals surface area contributed by atoms with Crippen LogP contribution in [0.1, 0.15) is 17.9 Å². The van der Waals surface area contributed by atoms with Crippen molar-refractivity contribution in [2.45, 2.75) is 12.3 Å². The van der Waals surface area contributed by atoms with Crippen LogP contribution in [0, 0.1) is 0 Å². The predicted octanol–water partition coefficient (Wildman–Crippen LogP) is 5.34. The van der Waals surface area contributed by atoms with Gasteiger partial charge in [0.25, 0.3) is 0 Å². The number of rotatable bonds is 5. The van der Waals surface area contributed by atoms with Crippen LogP contribution in [0.3, 0.4) is 0 Å². The van der Waals surface area contributed by atoms with Crippen molar-refractivity contribution in [2.24, 2.45) is 0 Å². The number of benzene rings is 1. The number of nitrogens with zero attached hydrogens (tertiary/aromatic N) is 4. The highest BCUT2D eigenvalue weighted by Crippen LogP contribution is 2.36. The third-order valence-corrected chi connectivity index (χ3v) is 6.10. The zero-order valence-corrected chi connectivity index (χ0v) is 18.1. The number of amides is 1. The highest BCUT2D eigenvalue weighted by molar-refractivity contribution is 6.31. The lowest BCUT2D eigenvalue weighted by Crippen LogP contribution is -2.26. The van der Waals surface area contributed by atoms with Crippen LogP contribution in [0.5, 0.6) is 11.6 Å². The van der Waals surface area contributed by atoms with E-state index >= 15 is 0 Å². The van der Waals surface area contributed by atoms with Crippen LogP contribution in [-0.4, -0.2) is 38.3 Å². The summed E-state index contributed by atoms with van der Waals surface area (Å²) in [4.78, 5) is 22.4. The van der Waals surface area contributed by atoms with Gasteiger partial charge in [-0.2, -0.15) is 0 Å². The van der Waals surface area contributed by atoms with Gasteiger partial charge in [-0.05, 0) is 72.2 Å². The predicted molar refractivity (Wildman–Crippen MR) is 124 cm³/mol. The summed E-state index contributed by atoms with van der Waals surface area (Å²) < 4.78 is 7.91. The van der Waals surface area contributed by atoms with Crippen molar-refractivity contribution in [1.29, 1.82) is 0 Å². The van der Waals surface area contributed by atoms with Crippen molar-refractivity contribution in [3.63, 3.8) is 0 Å². The minimum absolute atomic E-state index is 0.0125. The molecule has 1 fully saturated rings. The van der Waals surface area contributed by atoms with E-state index < -0.39 is 0 Å². The number of halogens is 1. The minimum Gasteiger partial charge on any atom is -0.438 e. The van der Waals surface area contributed by atoms with E-state index in [1.54, 1.807) is 24.5 Å². The van der Waals surface area contributed by atoms with Crippen LogP contribution in [0.25, 0.3) is 16.8 Å². The lowest BCUT2D eigenvalue weighted by atomic mass is 9.99. The lowest BCUT2D eigenvalue weighted by molar-refractivity contribution is -0.125. The molecule has 6 nitrogen and oxygen atoms in total. The number of fused-ring (bicyclic) bond motifs is 1. The molecule has 1 amide bonds. The second-order valence-electron chi connectivity index (χ2n) is 7.71. The summed E-state index contributed by atoms with van der Waals surface area (Å²) in [5.41, 5.74) is 4.41. The second-order valence-corrected chi connectivity index (χ2v) is 8.12. The van der Waals surface area contributed by atoms with Gasteiger partial charge in [-0.15, -0.1) is 0 Å². The molecule has 1 aliphatic heterocycles. The van der Waals surface area contributed by atoms with Crippen LogP contribution >= 0.6 is 11.6 Å². The molecule has 7 heteroatoms. The van der Waals surface area contributed by atoms with Gasteiger partial charge in [0, 0.05) is 31.4 Å². The third-order valence-electron chi connectivity index (χ3n) is 5.81. The molecule has 0 spiro atoms. The number of ether oxygens (including phenoxy) is 1. The molecular formula is C25H21ClN4O2. The Labute approximate surface area is 190 Å². The van der Waals surface area contributed by atoms with Gasteiger partial charge in [-0.3, -0.25) is 4.79 Å². The molecule has 1 saturated heterocycles. The molecule has 160 valence electrons. The van der Waals surface area contributed by atoms with E-state index in [0.717, 1.165) is 29.7 Å². The van der Waals surface area contributed by atoms with E-state index in [1.165, 1.54) is 11.6 Å². The fourth-order valence-corrected chi connectivity index (χ4v) is 4.38. The van der Waals surface area contributed by atoms with Crippen molar-refractivity contribution < 1.29 is 9.53 Å². The first kappa shape index (κ1) is 20.3. The highest BCUT2D eigenvalue weighted by atomic mass is 35.5. The molecule has 3 aromatic heterocycles. The molecule has 1 unspecified atom stereocenters. The fraction of sp³-hybridized carbons (Fsp3) is 0.160. The zero-order chi connectivity index (χ0) is 22.1. The average molecular weight is 445 g/mol. The number of likely N-dealkylation sites (tertiary alicyclic amines) is 1. The van der Waals surface area contributed by atoms with Gasteiger partial charge in [0.1, 0.15) is 10.8 Å². The first-order valence-electron chi connectivity index (χ1n) is 10.4. The number of carbonyl (C=O) groups excluding carboxylic acids is 1. The van der Waals surface area contributed by atoms with Crippen LogP contribution in [0.4, 0.5) is 0 Å². The van der Waals surface area contributed by atoms with Crippen LogP contribution in [-0.2, 0) is 4.79 Å². The molecule has 0 N–H and O–H groups in total. The summed E-state index contributed by atoms with van der Waals surface area (Å²) in [5, 5.41) is 0.463. The summed E-state index contributed by atoms with van der Waals surface area (Å²) in [6.45, 7) is 5.05. The molecule has 4 heterocycles. The molecule has 1 atom stereocenters. The Hall–Kier alpha value is -3.64. The van der Waals surface area contributed by atoms with Crippen molar-refractivity contribution in [2.75, 3.05) is 13.1 Å². The van der Waals surface area contributed by atoms with Crippen molar-refractivity contribution in [3.8, 4) is 22.9 Å². The normalized spacial score (nSPS) is 15.8. The molecule has 1 aromatic carbocycles. The molecular weight excluding hydrogens is 424 g/mol. The Kier molecular flexibility index (Phi) is 5.37. The smallest absolute Gasteiger partial charge is 0.245 e. The molecule has 32 heavy (non-hydrogen) atoms.